The minimum Gasteiger partial charge on any atom is -0.444 e. The lowest BCUT2D eigenvalue weighted by Gasteiger charge is -2.24. The van der Waals surface area contributed by atoms with E-state index in [1.165, 1.54) is 11.3 Å². The smallest absolute Gasteiger partial charge is 0.410 e. The lowest BCUT2D eigenvalue weighted by molar-refractivity contribution is -0.115. The number of rotatable bonds is 3. The first kappa shape index (κ1) is 18.8. The van der Waals surface area contributed by atoms with Gasteiger partial charge in [-0.3, -0.25) is 14.7 Å². The number of hydrogen-bond acceptors (Lipinski definition) is 6. The van der Waals surface area contributed by atoms with Crippen LogP contribution in [0.4, 0.5) is 9.93 Å². The molecule has 0 aromatic carbocycles. The fraction of sp³-hybridized carbons (Fsp3) is 0.412. The molecular weight excluding hydrogens is 420 g/mol. The maximum Gasteiger partial charge on any atom is 0.410 e. The largest absolute Gasteiger partial charge is 0.444 e. The molecule has 2 aromatic heterocycles. The van der Waals surface area contributed by atoms with Crippen LogP contribution in [-0.4, -0.2) is 32.5 Å². The fourth-order valence-corrected chi connectivity index (χ4v) is 3.63. The zero-order valence-electron chi connectivity index (χ0n) is 14.7. The van der Waals surface area contributed by atoms with Crippen molar-refractivity contribution in [3.05, 3.63) is 39.1 Å². The average Bonchev–Trinajstić information content (AvgIpc) is 3.06. The molecular formula is C17H19BrN4O3S. The summed E-state index contributed by atoms with van der Waals surface area (Å²) < 4.78 is 6.24. The molecule has 138 valence electrons. The van der Waals surface area contributed by atoms with E-state index in [2.05, 4.69) is 31.2 Å². The SMILES string of the molecule is CC(C)(C)OC(=O)N1Cc2nc(NC(=O)Cc3ccc(Br)cn3)sc2C1. The summed E-state index contributed by atoms with van der Waals surface area (Å²) in [4.78, 5) is 35.4. The van der Waals surface area contributed by atoms with E-state index in [1.54, 1.807) is 17.2 Å². The molecule has 0 saturated carbocycles. The van der Waals surface area contributed by atoms with Gasteiger partial charge in [-0.25, -0.2) is 9.78 Å². The number of thiazole rings is 1. The molecule has 3 heterocycles. The van der Waals surface area contributed by atoms with E-state index in [-0.39, 0.29) is 18.4 Å². The van der Waals surface area contributed by atoms with E-state index < -0.39 is 5.60 Å². The summed E-state index contributed by atoms with van der Waals surface area (Å²) in [5, 5.41) is 3.34. The summed E-state index contributed by atoms with van der Waals surface area (Å²) in [6, 6.07) is 3.64. The van der Waals surface area contributed by atoms with Gasteiger partial charge >= 0.3 is 6.09 Å². The maximum atomic E-state index is 12.1. The molecule has 0 spiro atoms. The number of carbonyl (C=O) groups is 2. The van der Waals surface area contributed by atoms with E-state index in [0.717, 1.165) is 15.0 Å². The van der Waals surface area contributed by atoms with Crippen molar-refractivity contribution >= 4 is 44.4 Å². The van der Waals surface area contributed by atoms with Crippen LogP contribution in [0.25, 0.3) is 0 Å². The van der Waals surface area contributed by atoms with Gasteiger partial charge < -0.3 is 10.1 Å². The van der Waals surface area contributed by atoms with Gasteiger partial charge in [0.2, 0.25) is 5.91 Å². The van der Waals surface area contributed by atoms with Gasteiger partial charge in [0.15, 0.2) is 5.13 Å². The molecule has 0 bridgehead atoms. The normalized spacial score (nSPS) is 13.5. The van der Waals surface area contributed by atoms with Crippen LogP contribution in [0.2, 0.25) is 0 Å². The van der Waals surface area contributed by atoms with Gasteiger partial charge in [0.25, 0.3) is 0 Å². The Kier molecular flexibility index (Phi) is 5.29. The lowest BCUT2D eigenvalue weighted by Crippen LogP contribution is -2.33. The molecule has 0 aliphatic carbocycles. The van der Waals surface area contributed by atoms with Crippen molar-refractivity contribution in [1.29, 1.82) is 0 Å². The number of hydrogen-bond donors (Lipinski definition) is 1. The van der Waals surface area contributed by atoms with Crippen molar-refractivity contribution in [2.45, 2.75) is 45.9 Å². The third-order valence-corrected chi connectivity index (χ3v) is 4.95. The Labute approximate surface area is 163 Å². The number of fused-ring (bicyclic) bond motifs is 1. The molecule has 1 aliphatic heterocycles. The van der Waals surface area contributed by atoms with Crippen LogP contribution < -0.4 is 5.32 Å². The number of nitrogens with zero attached hydrogens (tertiary/aromatic N) is 3. The Balaban J connectivity index is 1.56. The highest BCUT2D eigenvalue weighted by atomic mass is 79.9. The summed E-state index contributed by atoms with van der Waals surface area (Å²) in [5.74, 6) is -0.170. The summed E-state index contributed by atoms with van der Waals surface area (Å²) in [5.41, 5.74) is 0.963. The third kappa shape index (κ3) is 4.79. The number of ether oxygens (including phenoxy) is 1. The first-order chi connectivity index (χ1) is 12.2. The second kappa shape index (κ2) is 7.32. The van der Waals surface area contributed by atoms with Crippen molar-refractivity contribution in [1.82, 2.24) is 14.9 Å². The van der Waals surface area contributed by atoms with Crippen molar-refractivity contribution in [2.75, 3.05) is 5.32 Å². The maximum absolute atomic E-state index is 12.1. The molecule has 2 amide bonds. The molecule has 0 radical (unpaired) electrons. The van der Waals surface area contributed by atoms with E-state index in [1.807, 2.05) is 26.8 Å². The Morgan fingerprint density at radius 2 is 2.12 bits per heavy atom. The molecule has 0 atom stereocenters. The topological polar surface area (TPSA) is 84.4 Å². The van der Waals surface area contributed by atoms with Crippen LogP contribution in [0.3, 0.4) is 0 Å². The van der Waals surface area contributed by atoms with Crippen molar-refractivity contribution in [3.63, 3.8) is 0 Å². The zero-order valence-corrected chi connectivity index (χ0v) is 17.1. The molecule has 26 heavy (non-hydrogen) atoms. The first-order valence-corrected chi connectivity index (χ1v) is 9.67. The molecule has 2 aromatic rings. The van der Waals surface area contributed by atoms with Gasteiger partial charge in [0.05, 0.1) is 30.1 Å². The molecule has 0 fully saturated rings. The molecule has 0 saturated heterocycles. The Hall–Kier alpha value is -2.00. The lowest BCUT2D eigenvalue weighted by atomic mass is 10.2. The van der Waals surface area contributed by atoms with Crippen molar-refractivity contribution in [2.24, 2.45) is 0 Å². The van der Waals surface area contributed by atoms with Gasteiger partial charge in [-0.1, -0.05) is 11.3 Å². The number of pyridine rings is 1. The standard InChI is InChI=1S/C17H19BrN4O3S/c1-17(2,3)25-16(24)22-8-12-13(9-22)26-15(20-12)21-14(23)6-11-5-4-10(18)7-19-11/h4-5,7H,6,8-9H2,1-3H3,(H,20,21,23). The number of anilines is 1. The highest BCUT2D eigenvalue weighted by Crippen LogP contribution is 2.31. The molecule has 9 heteroatoms. The minimum absolute atomic E-state index is 0.170. The van der Waals surface area contributed by atoms with E-state index in [4.69, 9.17) is 4.74 Å². The van der Waals surface area contributed by atoms with Crippen LogP contribution in [0.15, 0.2) is 22.8 Å². The molecule has 1 N–H and O–H groups in total. The second-order valence-corrected chi connectivity index (χ2v) is 8.92. The summed E-state index contributed by atoms with van der Waals surface area (Å²) in [7, 11) is 0. The number of aromatic nitrogens is 2. The predicted octanol–water partition coefficient (Wildman–Crippen LogP) is 3.73. The predicted molar refractivity (Wildman–Crippen MR) is 102 cm³/mol. The fourth-order valence-electron chi connectivity index (χ4n) is 2.39. The minimum atomic E-state index is -0.527. The highest BCUT2D eigenvalue weighted by Gasteiger charge is 2.30. The van der Waals surface area contributed by atoms with Crippen LogP contribution in [-0.2, 0) is 29.0 Å². The van der Waals surface area contributed by atoms with Gasteiger partial charge in [-0.2, -0.15) is 0 Å². The van der Waals surface area contributed by atoms with Crippen LogP contribution in [0.5, 0.6) is 0 Å². The molecule has 3 rings (SSSR count). The van der Waals surface area contributed by atoms with Crippen LogP contribution in [0, 0.1) is 0 Å². The molecule has 1 aliphatic rings. The third-order valence-electron chi connectivity index (χ3n) is 3.48. The van der Waals surface area contributed by atoms with E-state index in [0.29, 0.717) is 23.9 Å². The van der Waals surface area contributed by atoms with Gasteiger partial charge in [0, 0.05) is 16.4 Å². The number of halogens is 1. The number of amides is 2. The number of carbonyl (C=O) groups excluding carboxylic acids is 2. The highest BCUT2D eigenvalue weighted by molar-refractivity contribution is 9.10. The zero-order chi connectivity index (χ0) is 18.9. The van der Waals surface area contributed by atoms with Gasteiger partial charge in [-0.15, -0.1) is 0 Å². The Morgan fingerprint density at radius 1 is 1.35 bits per heavy atom. The number of nitrogens with one attached hydrogen (secondary N) is 1. The second-order valence-electron chi connectivity index (χ2n) is 6.92. The van der Waals surface area contributed by atoms with Crippen molar-refractivity contribution in [3.8, 4) is 0 Å². The van der Waals surface area contributed by atoms with Crippen LogP contribution >= 0.6 is 27.3 Å². The summed E-state index contributed by atoms with van der Waals surface area (Å²) in [6.07, 6.45) is 1.49. The van der Waals surface area contributed by atoms with Gasteiger partial charge in [0.1, 0.15) is 5.60 Å². The van der Waals surface area contributed by atoms with E-state index in [9.17, 15) is 9.59 Å². The van der Waals surface area contributed by atoms with Crippen LogP contribution in [0.1, 0.15) is 37.0 Å². The first-order valence-electron chi connectivity index (χ1n) is 8.06. The summed E-state index contributed by atoms with van der Waals surface area (Å²) >= 11 is 4.70. The molecule has 7 nitrogen and oxygen atoms in total. The Morgan fingerprint density at radius 3 is 2.73 bits per heavy atom. The van der Waals surface area contributed by atoms with Crippen molar-refractivity contribution < 1.29 is 14.3 Å². The average molecular weight is 439 g/mol. The summed E-state index contributed by atoms with van der Waals surface area (Å²) in [6.45, 7) is 6.35. The quantitative estimate of drug-likeness (QED) is 0.788. The molecule has 0 unspecified atom stereocenters. The Bertz CT molecular complexity index is 806. The monoisotopic (exact) mass is 438 g/mol. The van der Waals surface area contributed by atoms with E-state index >= 15 is 0 Å². The van der Waals surface area contributed by atoms with Gasteiger partial charge in [-0.05, 0) is 48.8 Å².